The third kappa shape index (κ3) is 3.96. The van der Waals surface area contributed by atoms with Crippen LogP contribution in [0.15, 0.2) is 66.9 Å². The number of benzene rings is 2. The Kier molecular flexibility index (Phi) is 5.17. The van der Waals surface area contributed by atoms with Crippen molar-refractivity contribution in [2.45, 2.75) is 5.75 Å². The summed E-state index contributed by atoms with van der Waals surface area (Å²) in [6.07, 6.45) is 1.72. The normalized spacial score (nSPS) is 16.2. The second kappa shape index (κ2) is 7.51. The van der Waals surface area contributed by atoms with Gasteiger partial charge in [-0.1, -0.05) is 60.7 Å². The summed E-state index contributed by atoms with van der Waals surface area (Å²) >= 11 is 5.15. The first-order chi connectivity index (χ1) is 11.6. The van der Waals surface area contributed by atoms with Gasteiger partial charge < -0.3 is 10.2 Å². The molecule has 2 aromatic rings. The van der Waals surface area contributed by atoms with E-state index in [1.54, 1.807) is 11.1 Å². The fourth-order valence-electron chi connectivity index (χ4n) is 2.37. The molecule has 4 nitrogen and oxygen atoms in total. The molecule has 1 unspecified atom stereocenters. The van der Waals surface area contributed by atoms with Gasteiger partial charge in [0.05, 0.1) is 21.5 Å². The van der Waals surface area contributed by atoms with Crippen molar-refractivity contribution < 1.29 is 9.00 Å². The summed E-state index contributed by atoms with van der Waals surface area (Å²) in [6.45, 7) is 0.150. The van der Waals surface area contributed by atoms with Gasteiger partial charge in [0.25, 0.3) is 0 Å². The Morgan fingerprint density at radius 3 is 2.33 bits per heavy atom. The molecule has 1 saturated heterocycles. The summed E-state index contributed by atoms with van der Waals surface area (Å²) in [7, 11) is -1.26. The lowest BCUT2D eigenvalue weighted by Gasteiger charge is -2.14. The number of nitrogens with zero attached hydrogens (tertiary/aromatic N) is 1. The van der Waals surface area contributed by atoms with Crippen molar-refractivity contribution in [3.63, 3.8) is 0 Å². The minimum atomic E-state index is -1.26. The van der Waals surface area contributed by atoms with Crippen molar-refractivity contribution in [2.24, 2.45) is 0 Å². The summed E-state index contributed by atoms with van der Waals surface area (Å²) in [5.74, 6) is 0.251. The lowest BCUT2D eigenvalue weighted by molar-refractivity contribution is -0.118. The van der Waals surface area contributed by atoms with Gasteiger partial charge in [0, 0.05) is 6.20 Å². The first-order valence-electron chi connectivity index (χ1n) is 7.43. The molecule has 2 aromatic carbocycles. The van der Waals surface area contributed by atoms with Crippen molar-refractivity contribution in [1.82, 2.24) is 10.2 Å². The topological polar surface area (TPSA) is 49.4 Å². The van der Waals surface area contributed by atoms with E-state index in [0.717, 1.165) is 11.1 Å². The second-order valence-corrected chi connectivity index (χ2v) is 7.12. The Bertz CT molecular complexity index is 804. The standard InChI is InChI=1S/C18H16N2O2S2/c21-17-12-20(18(23)19-17)11-16(15-9-5-2-6-10-15)24(22)13-14-7-3-1-4-8-14/h1-11H,12-13H2,(H,19,21,23)/b16-11+. The summed E-state index contributed by atoms with van der Waals surface area (Å²) in [5.41, 5.74) is 1.85. The Hall–Kier alpha value is -2.31. The maximum absolute atomic E-state index is 13.0. The zero-order valence-electron chi connectivity index (χ0n) is 12.8. The van der Waals surface area contributed by atoms with E-state index in [0.29, 0.717) is 15.8 Å². The zero-order valence-corrected chi connectivity index (χ0v) is 14.5. The lowest BCUT2D eigenvalue weighted by atomic mass is 10.2. The van der Waals surface area contributed by atoms with E-state index in [1.165, 1.54) is 0 Å². The average Bonchev–Trinajstić information content (AvgIpc) is 2.91. The van der Waals surface area contributed by atoms with E-state index < -0.39 is 10.8 Å². The van der Waals surface area contributed by atoms with E-state index in [-0.39, 0.29) is 12.5 Å². The van der Waals surface area contributed by atoms with Gasteiger partial charge in [-0.25, -0.2) is 0 Å². The maximum Gasteiger partial charge on any atom is 0.246 e. The first-order valence-corrected chi connectivity index (χ1v) is 9.16. The van der Waals surface area contributed by atoms with Crippen molar-refractivity contribution in [1.29, 1.82) is 0 Å². The molecule has 0 aromatic heterocycles. The third-order valence-electron chi connectivity index (χ3n) is 3.54. The quantitative estimate of drug-likeness (QED) is 0.837. The molecule has 24 heavy (non-hydrogen) atoms. The van der Waals surface area contributed by atoms with Crippen LogP contribution in [0.2, 0.25) is 0 Å². The summed E-state index contributed by atoms with van der Waals surface area (Å²) in [5, 5.41) is 2.93. The van der Waals surface area contributed by atoms with Gasteiger partial charge in [0.15, 0.2) is 5.11 Å². The number of thiocarbonyl (C=S) groups is 1. The molecule has 3 rings (SSSR count). The van der Waals surface area contributed by atoms with Crippen molar-refractivity contribution >= 4 is 38.9 Å². The zero-order chi connectivity index (χ0) is 16.9. The van der Waals surface area contributed by atoms with Crippen LogP contribution >= 0.6 is 12.2 Å². The molecular formula is C18H16N2O2S2. The van der Waals surface area contributed by atoms with E-state index in [4.69, 9.17) is 12.2 Å². The number of hydrogen-bond acceptors (Lipinski definition) is 3. The van der Waals surface area contributed by atoms with Crippen molar-refractivity contribution in [2.75, 3.05) is 6.54 Å². The molecule has 0 bridgehead atoms. The highest BCUT2D eigenvalue weighted by Crippen LogP contribution is 2.22. The van der Waals surface area contributed by atoms with E-state index in [1.807, 2.05) is 60.7 Å². The van der Waals surface area contributed by atoms with Gasteiger partial charge in [-0.15, -0.1) is 0 Å². The highest BCUT2D eigenvalue weighted by Gasteiger charge is 2.23. The molecule has 122 valence electrons. The third-order valence-corrected chi connectivity index (χ3v) is 5.30. The average molecular weight is 356 g/mol. The van der Waals surface area contributed by atoms with Crippen LogP contribution in [0, 0.1) is 0 Å². The Labute approximate surface area is 148 Å². The van der Waals surface area contributed by atoms with Crippen LogP contribution in [0.25, 0.3) is 4.91 Å². The number of carbonyl (C=O) groups is 1. The number of nitrogens with one attached hydrogen (secondary N) is 1. The molecular weight excluding hydrogens is 340 g/mol. The molecule has 0 radical (unpaired) electrons. The summed E-state index contributed by atoms with van der Waals surface area (Å²) in [6, 6.07) is 19.2. The predicted octanol–water partition coefficient (Wildman–Crippen LogP) is 2.65. The molecule has 1 N–H and O–H groups in total. The SMILES string of the molecule is O=C1CN(/C=C(\c2ccccc2)S(=O)Cc2ccccc2)C(=S)N1. The highest BCUT2D eigenvalue weighted by atomic mass is 32.2. The number of amides is 1. The Balaban J connectivity index is 1.92. The molecule has 0 saturated carbocycles. The molecule has 1 heterocycles. The number of carbonyl (C=O) groups excluding carboxylic acids is 1. The van der Waals surface area contributed by atoms with Crippen molar-refractivity contribution in [3.8, 4) is 0 Å². The maximum atomic E-state index is 13.0. The van der Waals surface area contributed by atoms with Gasteiger partial charge in [0.2, 0.25) is 5.91 Å². The predicted molar refractivity (Wildman–Crippen MR) is 100 cm³/mol. The van der Waals surface area contributed by atoms with Crippen molar-refractivity contribution in [3.05, 3.63) is 78.0 Å². The largest absolute Gasteiger partial charge is 0.315 e. The van der Waals surface area contributed by atoms with Crippen LogP contribution in [-0.2, 0) is 21.3 Å². The molecule has 1 fully saturated rings. The van der Waals surface area contributed by atoms with Crippen LogP contribution in [0.3, 0.4) is 0 Å². The van der Waals surface area contributed by atoms with Crippen LogP contribution in [0.1, 0.15) is 11.1 Å². The Morgan fingerprint density at radius 2 is 1.75 bits per heavy atom. The van der Waals surface area contributed by atoms with E-state index in [2.05, 4.69) is 5.32 Å². The van der Waals surface area contributed by atoms with E-state index >= 15 is 0 Å². The van der Waals surface area contributed by atoms with Crippen LogP contribution in [0.5, 0.6) is 0 Å². The van der Waals surface area contributed by atoms with Gasteiger partial charge >= 0.3 is 0 Å². The molecule has 1 aliphatic heterocycles. The highest BCUT2D eigenvalue weighted by molar-refractivity contribution is 7.93. The number of rotatable bonds is 5. The first kappa shape index (κ1) is 16.5. The summed E-state index contributed by atoms with van der Waals surface area (Å²) in [4.78, 5) is 13.8. The second-order valence-electron chi connectivity index (χ2n) is 5.32. The molecule has 1 amide bonds. The lowest BCUT2D eigenvalue weighted by Crippen LogP contribution is -2.24. The smallest absolute Gasteiger partial charge is 0.246 e. The van der Waals surface area contributed by atoms with Crippen LogP contribution < -0.4 is 5.32 Å². The van der Waals surface area contributed by atoms with Crippen LogP contribution in [-0.4, -0.2) is 26.7 Å². The number of hydrogen-bond donors (Lipinski definition) is 1. The van der Waals surface area contributed by atoms with Gasteiger partial charge in [0.1, 0.15) is 6.54 Å². The van der Waals surface area contributed by atoms with E-state index in [9.17, 15) is 9.00 Å². The fourth-order valence-corrected chi connectivity index (χ4v) is 3.90. The van der Waals surface area contributed by atoms with Gasteiger partial charge in [-0.05, 0) is 23.3 Å². The monoisotopic (exact) mass is 356 g/mol. The molecule has 6 heteroatoms. The van der Waals surface area contributed by atoms with Crippen LogP contribution in [0.4, 0.5) is 0 Å². The minimum absolute atomic E-state index is 0.150. The molecule has 0 aliphatic carbocycles. The van der Waals surface area contributed by atoms with Gasteiger partial charge in [-0.2, -0.15) is 0 Å². The molecule has 0 spiro atoms. The fraction of sp³-hybridized carbons (Fsp3) is 0.111. The minimum Gasteiger partial charge on any atom is -0.315 e. The molecule has 1 atom stereocenters. The van der Waals surface area contributed by atoms with Gasteiger partial charge in [-0.3, -0.25) is 9.00 Å². The Morgan fingerprint density at radius 1 is 1.12 bits per heavy atom. The summed E-state index contributed by atoms with van der Waals surface area (Å²) < 4.78 is 13.0. The molecule has 1 aliphatic rings.